The minimum Gasteiger partial charge on any atom is -0.462 e. The van der Waals surface area contributed by atoms with E-state index in [0.29, 0.717) is 32.0 Å². The molecule has 2 fully saturated rings. The van der Waals surface area contributed by atoms with Gasteiger partial charge in [-0.2, -0.15) is 8.78 Å². The molecular weight excluding hydrogens is 486 g/mol. The predicted octanol–water partition coefficient (Wildman–Crippen LogP) is 4.63. The molecule has 0 spiro atoms. The number of rotatable bonds is 14. The van der Waals surface area contributed by atoms with E-state index in [0.717, 1.165) is 56.4 Å². The molecule has 0 bridgehead atoms. The molecule has 0 saturated heterocycles. The van der Waals surface area contributed by atoms with Crippen LogP contribution in [0.25, 0.3) is 0 Å². The molecule has 2 N–H and O–H groups in total. The van der Waals surface area contributed by atoms with Gasteiger partial charge in [0.25, 0.3) is 6.08 Å². The molecule has 9 heteroatoms. The average molecular weight is 531 g/mol. The molecular formula is C28H44F2O7. The highest BCUT2D eigenvalue weighted by Gasteiger charge is 2.34. The maximum Gasteiger partial charge on any atom is 0.335 e. The summed E-state index contributed by atoms with van der Waals surface area (Å²) < 4.78 is 40.6. The van der Waals surface area contributed by atoms with Crippen molar-refractivity contribution in [2.45, 2.75) is 63.9 Å². The number of aldehydes is 1. The molecule has 2 aliphatic rings. The lowest BCUT2D eigenvalue weighted by atomic mass is 9.68. The molecule has 7 nitrogen and oxygen atoms in total. The Morgan fingerprint density at radius 1 is 0.973 bits per heavy atom. The summed E-state index contributed by atoms with van der Waals surface area (Å²) in [5.41, 5.74) is 0.292. The summed E-state index contributed by atoms with van der Waals surface area (Å²) in [6, 6.07) is 0. The van der Waals surface area contributed by atoms with Crippen LogP contribution < -0.4 is 0 Å². The van der Waals surface area contributed by atoms with E-state index in [4.69, 9.17) is 24.4 Å². The standard InChI is InChI=1S/C24H38F2O5.C4H6O2/c1-17(14-27)24(28)31-16-21(15-29-2)20-7-5-18(6-8-20)19-9-11-22(12-10-19)30-13-3-4-23(25)26;1-4(2-5)3-6/h4,18-22,27H,1,3,5-16H2,2H3;2,6H,1,3H2. The Hall–Kier alpha value is -1.94. The molecule has 0 aliphatic heterocycles. The lowest BCUT2D eigenvalue weighted by Crippen LogP contribution is -2.33. The number of ether oxygens (including phenoxy) is 3. The van der Waals surface area contributed by atoms with Crippen LogP contribution in [0, 0.1) is 23.7 Å². The number of aliphatic hydroxyl groups excluding tert-OH is 2. The van der Waals surface area contributed by atoms with Crippen molar-refractivity contribution >= 4 is 12.3 Å². The highest BCUT2D eigenvalue weighted by molar-refractivity contribution is 5.87. The average Bonchev–Trinajstić information content (AvgIpc) is 2.93. The van der Waals surface area contributed by atoms with E-state index in [9.17, 15) is 18.4 Å². The van der Waals surface area contributed by atoms with Gasteiger partial charge in [0.1, 0.15) is 6.29 Å². The van der Waals surface area contributed by atoms with Crippen LogP contribution in [0.4, 0.5) is 8.78 Å². The number of methoxy groups -OCH3 is 1. The van der Waals surface area contributed by atoms with Crippen LogP contribution >= 0.6 is 0 Å². The Balaban J connectivity index is 0.00000102. The number of carbonyl (C=O) groups is 2. The lowest BCUT2D eigenvalue weighted by Gasteiger charge is -2.39. The van der Waals surface area contributed by atoms with Crippen molar-refractivity contribution in [2.24, 2.45) is 23.7 Å². The number of esters is 1. The van der Waals surface area contributed by atoms with E-state index < -0.39 is 12.0 Å². The lowest BCUT2D eigenvalue weighted by molar-refractivity contribution is -0.142. The van der Waals surface area contributed by atoms with Crippen molar-refractivity contribution < 1.29 is 42.8 Å². The van der Waals surface area contributed by atoms with E-state index in [-0.39, 0.29) is 42.8 Å². The second-order valence-corrected chi connectivity index (χ2v) is 9.87. The van der Waals surface area contributed by atoms with Crippen LogP contribution in [0.3, 0.4) is 0 Å². The zero-order chi connectivity index (χ0) is 27.6. The van der Waals surface area contributed by atoms with Crippen molar-refractivity contribution in [3.8, 4) is 0 Å². The van der Waals surface area contributed by atoms with Gasteiger partial charge in [-0.05, 0) is 81.6 Å². The third-order valence-electron chi connectivity index (χ3n) is 7.30. The summed E-state index contributed by atoms with van der Waals surface area (Å²) >= 11 is 0. The molecule has 0 aromatic heterocycles. The minimum absolute atomic E-state index is 0.0745. The minimum atomic E-state index is -1.63. The SMILES string of the molecule is C=C(C=O)CO.C=C(CO)C(=O)OCC(COC)C1CCC(C2CCC(OCCC=C(F)F)CC2)CC1. The monoisotopic (exact) mass is 530 g/mol. The molecule has 2 aliphatic carbocycles. The smallest absolute Gasteiger partial charge is 0.335 e. The molecule has 2 rings (SSSR count). The van der Waals surface area contributed by atoms with Crippen LogP contribution in [0.5, 0.6) is 0 Å². The topological polar surface area (TPSA) is 102 Å². The van der Waals surface area contributed by atoms with E-state index in [2.05, 4.69) is 13.2 Å². The quantitative estimate of drug-likeness (QED) is 0.146. The molecule has 1 unspecified atom stereocenters. The van der Waals surface area contributed by atoms with Crippen molar-refractivity contribution in [1.29, 1.82) is 0 Å². The maximum atomic E-state index is 12.1. The van der Waals surface area contributed by atoms with Gasteiger partial charge in [-0.3, -0.25) is 4.79 Å². The zero-order valence-corrected chi connectivity index (χ0v) is 22.0. The molecule has 0 heterocycles. The van der Waals surface area contributed by atoms with E-state index in [1.807, 2.05) is 0 Å². The van der Waals surface area contributed by atoms with Gasteiger partial charge in [0.15, 0.2) is 0 Å². The third kappa shape index (κ3) is 13.4. The first-order valence-electron chi connectivity index (χ1n) is 13.1. The van der Waals surface area contributed by atoms with Crippen LogP contribution in [0.15, 0.2) is 36.5 Å². The number of aliphatic hydroxyl groups is 2. The first kappa shape index (κ1) is 33.1. The van der Waals surface area contributed by atoms with Crippen LogP contribution in [0.1, 0.15) is 57.8 Å². The Labute approximate surface area is 219 Å². The molecule has 0 amide bonds. The van der Waals surface area contributed by atoms with Crippen LogP contribution in [-0.2, 0) is 23.8 Å². The van der Waals surface area contributed by atoms with Gasteiger partial charge in [-0.15, -0.1) is 0 Å². The first-order valence-corrected chi connectivity index (χ1v) is 13.1. The number of hydrogen-bond acceptors (Lipinski definition) is 7. The fraction of sp³-hybridized carbons (Fsp3) is 0.714. The molecule has 0 aromatic rings. The van der Waals surface area contributed by atoms with Gasteiger partial charge in [-0.25, -0.2) is 4.79 Å². The number of halogens is 2. The summed E-state index contributed by atoms with van der Waals surface area (Å²) in [6.07, 6.45) is 9.20. The predicted molar refractivity (Wildman–Crippen MR) is 137 cm³/mol. The van der Waals surface area contributed by atoms with Gasteiger partial charge < -0.3 is 24.4 Å². The Morgan fingerprint density at radius 3 is 2.03 bits per heavy atom. The summed E-state index contributed by atoms with van der Waals surface area (Å²) in [5.74, 6) is 1.53. The highest BCUT2D eigenvalue weighted by atomic mass is 19.3. The molecule has 37 heavy (non-hydrogen) atoms. The maximum absolute atomic E-state index is 12.1. The van der Waals surface area contributed by atoms with Crippen LogP contribution in [-0.4, -0.2) is 68.7 Å². The number of carbonyl (C=O) groups excluding carboxylic acids is 2. The van der Waals surface area contributed by atoms with Crippen molar-refractivity contribution in [2.75, 3.05) is 40.1 Å². The largest absolute Gasteiger partial charge is 0.462 e. The second kappa shape index (κ2) is 19.2. The van der Waals surface area contributed by atoms with Crippen molar-refractivity contribution in [3.63, 3.8) is 0 Å². The van der Waals surface area contributed by atoms with Gasteiger partial charge >= 0.3 is 5.97 Å². The molecule has 2 saturated carbocycles. The number of hydrogen-bond donors (Lipinski definition) is 2. The first-order chi connectivity index (χ1) is 17.7. The van der Waals surface area contributed by atoms with Gasteiger partial charge in [-0.1, -0.05) is 13.2 Å². The van der Waals surface area contributed by atoms with E-state index >= 15 is 0 Å². The summed E-state index contributed by atoms with van der Waals surface area (Å²) in [4.78, 5) is 21.3. The molecule has 0 radical (unpaired) electrons. The fourth-order valence-electron chi connectivity index (χ4n) is 5.14. The summed E-state index contributed by atoms with van der Waals surface area (Å²) in [5, 5.41) is 17.0. The highest BCUT2D eigenvalue weighted by Crippen LogP contribution is 2.42. The Kier molecular flexibility index (Phi) is 17.1. The Morgan fingerprint density at radius 2 is 1.57 bits per heavy atom. The van der Waals surface area contributed by atoms with Gasteiger partial charge in [0.05, 0.1) is 44.7 Å². The molecule has 0 aromatic carbocycles. The van der Waals surface area contributed by atoms with Gasteiger partial charge in [0.2, 0.25) is 0 Å². The normalized spacial score (nSPS) is 24.1. The zero-order valence-electron chi connectivity index (χ0n) is 22.0. The second-order valence-electron chi connectivity index (χ2n) is 9.87. The molecule has 212 valence electrons. The van der Waals surface area contributed by atoms with E-state index in [1.54, 1.807) is 7.11 Å². The van der Waals surface area contributed by atoms with Crippen molar-refractivity contribution in [3.05, 3.63) is 36.5 Å². The fourth-order valence-corrected chi connectivity index (χ4v) is 5.14. The Bertz CT molecular complexity index is 720. The van der Waals surface area contributed by atoms with Crippen molar-refractivity contribution in [1.82, 2.24) is 0 Å². The van der Waals surface area contributed by atoms with E-state index in [1.165, 1.54) is 12.8 Å². The molecule has 1 atom stereocenters. The van der Waals surface area contributed by atoms with Gasteiger partial charge in [0, 0.05) is 18.6 Å². The summed E-state index contributed by atoms with van der Waals surface area (Å²) in [7, 11) is 1.66. The third-order valence-corrected chi connectivity index (χ3v) is 7.30. The summed E-state index contributed by atoms with van der Waals surface area (Å²) in [6.45, 7) is 7.28. The van der Waals surface area contributed by atoms with Crippen LogP contribution in [0.2, 0.25) is 0 Å².